The molecule has 0 aliphatic carbocycles. The van der Waals surface area contributed by atoms with E-state index in [-0.39, 0.29) is 5.95 Å². The van der Waals surface area contributed by atoms with Gasteiger partial charge < -0.3 is 10.9 Å². The molecule has 10 heavy (non-hydrogen) atoms. The predicted molar refractivity (Wildman–Crippen MR) is 35.8 cm³/mol. The first-order chi connectivity index (χ1) is 4.83. The number of anilines is 1. The Kier molecular flexibility index (Phi) is 1.79. The van der Waals surface area contributed by atoms with Crippen molar-refractivity contribution in [3.05, 3.63) is 18.0 Å². The van der Waals surface area contributed by atoms with Crippen LogP contribution >= 0.6 is 0 Å². The average Bonchev–Trinajstić information content (AvgIpc) is 1.95. The zero-order valence-corrected chi connectivity index (χ0v) is 5.10. The molecule has 0 amide bonds. The second kappa shape index (κ2) is 2.77. The summed E-state index contributed by atoms with van der Waals surface area (Å²) in [6, 6.07) is 0. The maximum Gasteiger partial charge on any atom is 0.219 e. The Bertz CT molecular complexity index is 230. The first-order valence-corrected chi connectivity index (χ1v) is 2.58. The summed E-state index contributed by atoms with van der Waals surface area (Å²) in [7, 11) is 0. The van der Waals surface area contributed by atoms with Crippen molar-refractivity contribution in [2.75, 3.05) is 5.73 Å². The topological polar surface area (TPSA) is 84.4 Å². The lowest BCUT2D eigenvalue weighted by atomic mass is 10.4. The molecule has 1 heterocycles. The van der Waals surface area contributed by atoms with Crippen LogP contribution in [0.4, 0.5) is 5.95 Å². The van der Waals surface area contributed by atoms with E-state index in [1.807, 2.05) is 0 Å². The molecule has 0 aliphatic heterocycles. The fourth-order valence-electron chi connectivity index (χ4n) is 0.481. The van der Waals surface area contributed by atoms with Crippen molar-refractivity contribution in [1.82, 2.24) is 9.97 Å². The van der Waals surface area contributed by atoms with Crippen molar-refractivity contribution in [3.63, 3.8) is 0 Å². The predicted octanol–water partition coefficient (Wildman–Crippen LogP) is -0.133. The molecule has 0 aromatic carbocycles. The SMILES string of the molecule is Nc1ncc(/C=N/O)cn1. The van der Waals surface area contributed by atoms with Gasteiger partial charge >= 0.3 is 0 Å². The van der Waals surface area contributed by atoms with Crippen molar-refractivity contribution in [1.29, 1.82) is 0 Å². The third-order valence-electron chi connectivity index (χ3n) is 0.899. The Morgan fingerprint density at radius 3 is 2.60 bits per heavy atom. The largest absolute Gasteiger partial charge is 0.411 e. The van der Waals surface area contributed by atoms with Crippen LogP contribution in [0.15, 0.2) is 17.5 Å². The molecule has 5 heteroatoms. The van der Waals surface area contributed by atoms with Crippen LogP contribution in [0, 0.1) is 0 Å². The highest BCUT2D eigenvalue weighted by Crippen LogP contribution is 1.91. The third kappa shape index (κ3) is 1.41. The Morgan fingerprint density at radius 1 is 1.50 bits per heavy atom. The van der Waals surface area contributed by atoms with Crippen LogP contribution in [0.1, 0.15) is 5.56 Å². The second-order valence-electron chi connectivity index (χ2n) is 1.62. The highest BCUT2D eigenvalue weighted by atomic mass is 16.4. The molecule has 1 aromatic rings. The van der Waals surface area contributed by atoms with E-state index < -0.39 is 0 Å². The molecule has 0 atom stereocenters. The Labute approximate surface area is 57.2 Å². The lowest BCUT2D eigenvalue weighted by molar-refractivity contribution is 0.322. The number of hydrogen-bond donors (Lipinski definition) is 2. The van der Waals surface area contributed by atoms with Gasteiger partial charge in [-0.15, -0.1) is 0 Å². The molecule has 5 nitrogen and oxygen atoms in total. The van der Waals surface area contributed by atoms with Crippen molar-refractivity contribution in [2.24, 2.45) is 5.16 Å². The maximum absolute atomic E-state index is 8.07. The van der Waals surface area contributed by atoms with Crippen LogP contribution in [-0.2, 0) is 0 Å². The molecule has 0 saturated carbocycles. The lowest BCUT2D eigenvalue weighted by Crippen LogP contribution is -1.94. The molecule has 1 aromatic heterocycles. The zero-order chi connectivity index (χ0) is 7.40. The molecule has 1 rings (SSSR count). The third-order valence-corrected chi connectivity index (χ3v) is 0.899. The summed E-state index contributed by atoms with van der Waals surface area (Å²) in [6.07, 6.45) is 4.14. The second-order valence-corrected chi connectivity index (χ2v) is 1.62. The Hall–Kier alpha value is -1.65. The van der Waals surface area contributed by atoms with Gasteiger partial charge in [-0.1, -0.05) is 5.16 Å². The molecule has 52 valence electrons. The summed E-state index contributed by atoms with van der Waals surface area (Å²) in [6.45, 7) is 0. The van der Waals surface area contributed by atoms with Gasteiger partial charge in [0, 0.05) is 18.0 Å². The minimum atomic E-state index is 0.204. The van der Waals surface area contributed by atoms with Gasteiger partial charge in [0.2, 0.25) is 5.95 Å². The molecule has 0 aliphatic rings. The summed E-state index contributed by atoms with van der Waals surface area (Å²) in [5, 5.41) is 10.9. The quantitative estimate of drug-likeness (QED) is 0.321. The van der Waals surface area contributed by atoms with E-state index in [4.69, 9.17) is 10.9 Å². The highest BCUT2D eigenvalue weighted by Gasteiger charge is 1.88. The lowest BCUT2D eigenvalue weighted by Gasteiger charge is -1.89. The molecular formula is C5H6N4O. The van der Waals surface area contributed by atoms with Crippen molar-refractivity contribution in [2.45, 2.75) is 0 Å². The number of aromatic nitrogens is 2. The zero-order valence-electron chi connectivity index (χ0n) is 5.10. The highest BCUT2D eigenvalue weighted by molar-refractivity contribution is 5.77. The average molecular weight is 138 g/mol. The molecule has 0 unspecified atom stereocenters. The van der Waals surface area contributed by atoms with Crippen molar-refractivity contribution in [3.8, 4) is 0 Å². The molecule has 0 spiro atoms. The molecule has 0 fully saturated rings. The van der Waals surface area contributed by atoms with Crippen molar-refractivity contribution >= 4 is 12.2 Å². The summed E-state index contributed by atoms with van der Waals surface area (Å²) in [4.78, 5) is 7.32. The minimum absolute atomic E-state index is 0.204. The van der Waals surface area contributed by atoms with E-state index in [1.54, 1.807) is 0 Å². The Morgan fingerprint density at radius 2 is 2.10 bits per heavy atom. The van der Waals surface area contributed by atoms with E-state index >= 15 is 0 Å². The fraction of sp³-hybridized carbons (Fsp3) is 0. The summed E-state index contributed by atoms with van der Waals surface area (Å²) < 4.78 is 0. The van der Waals surface area contributed by atoms with Crippen LogP contribution in [0.3, 0.4) is 0 Å². The van der Waals surface area contributed by atoms with Gasteiger partial charge in [-0.25, -0.2) is 9.97 Å². The van der Waals surface area contributed by atoms with Crippen LogP contribution in [0.25, 0.3) is 0 Å². The van der Waals surface area contributed by atoms with Crippen LogP contribution in [0.2, 0.25) is 0 Å². The smallest absolute Gasteiger partial charge is 0.219 e. The first kappa shape index (κ1) is 6.47. The van der Waals surface area contributed by atoms with E-state index in [1.165, 1.54) is 18.6 Å². The van der Waals surface area contributed by atoms with E-state index in [0.717, 1.165) is 0 Å². The standard InChI is InChI=1S/C5H6N4O/c6-5-7-1-4(2-8-5)3-9-10/h1-3,10H,(H2,6,7,8)/b9-3+. The van der Waals surface area contributed by atoms with E-state index in [9.17, 15) is 0 Å². The van der Waals surface area contributed by atoms with Crippen LogP contribution in [0.5, 0.6) is 0 Å². The first-order valence-electron chi connectivity index (χ1n) is 2.58. The number of nitrogens with two attached hydrogens (primary N) is 1. The van der Waals surface area contributed by atoms with Gasteiger partial charge in [-0.05, 0) is 0 Å². The van der Waals surface area contributed by atoms with Gasteiger partial charge in [0.25, 0.3) is 0 Å². The van der Waals surface area contributed by atoms with Crippen LogP contribution < -0.4 is 5.73 Å². The minimum Gasteiger partial charge on any atom is -0.411 e. The van der Waals surface area contributed by atoms with E-state index in [2.05, 4.69) is 15.1 Å². The summed E-state index contributed by atoms with van der Waals surface area (Å²) >= 11 is 0. The normalized spacial score (nSPS) is 10.4. The monoisotopic (exact) mass is 138 g/mol. The van der Waals surface area contributed by atoms with Gasteiger partial charge in [0.15, 0.2) is 0 Å². The number of rotatable bonds is 1. The van der Waals surface area contributed by atoms with E-state index in [0.29, 0.717) is 5.56 Å². The van der Waals surface area contributed by atoms with Gasteiger partial charge in [-0.2, -0.15) is 0 Å². The fourth-order valence-corrected chi connectivity index (χ4v) is 0.481. The number of hydrogen-bond acceptors (Lipinski definition) is 5. The van der Waals surface area contributed by atoms with Gasteiger partial charge in [-0.3, -0.25) is 0 Å². The summed E-state index contributed by atoms with van der Waals surface area (Å²) in [5.74, 6) is 0.204. The number of nitrogen functional groups attached to an aromatic ring is 1. The van der Waals surface area contributed by atoms with Gasteiger partial charge in [0.05, 0.1) is 6.21 Å². The molecule has 0 radical (unpaired) electrons. The van der Waals surface area contributed by atoms with Crippen molar-refractivity contribution < 1.29 is 5.21 Å². The summed E-state index contributed by atoms with van der Waals surface area (Å²) in [5.41, 5.74) is 5.80. The number of nitrogens with zero attached hydrogens (tertiary/aromatic N) is 3. The Balaban J connectivity index is 2.89. The molecular weight excluding hydrogens is 132 g/mol. The molecule has 3 N–H and O–H groups in total. The molecule has 0 saturated heterocycles. The van der Waals surface area contributed by atoms with Crippen LogP contribution in [-0.4, -0.2) is 21.4 Å². The maximum atomic E-state index is 8.07. The van der Waals surface area contributed by atoms with Gasteiger partial charge in [0.1, 0.15) is 0 Å². The molecule has 0 bridgehead atoms. The number of oxime groups is 1.